The number of nitrogens with zero attached hydrogens (tertiary/aromatic N) is 4. The Bertz CT molecular complexity index is 1690. The van der Waals surface area contributed by atoms with Crippen LogP contribution in [0.15, 0.2) is 118 Å². The van der Waals surface area contributed by atoms with Gasteiger partial charge in [-0.05, 0) is 67.9 Å². The molecular formula is C33H31BrN6O2S. The van der Waals surface area contributed by atoms with Gasteiger partial charge in [0.05, 0.1) is 18.0 Å². The van der Waals surface area contributed by atoms with Crippen molar-refractivity contribution >= 4 is 45.5 Å². The molecule has 8 nitrogen and oxygen atoms in total. The first kappa shape index (κ1) is 30.1. The van der Waals surface area contributed by atoms with E-state index in [-0.39, 0.29) is 5.91 Å². The minimum Gasteiger partial charge on any atom is -0.488 e. The molecule has 43 heavy (non-hydrogen) atoms. The zero-order chi connectivity index (χ0) is 30.0. The van der Waals surface area contributed by atoms with E-state index in [0.29, 0.717) is 24.1 Å². The van der Waals surface area contributed by atoms with Crippen molar-refractivity contribution in [1.29, 1.82) is 0 Å². The molecule has 0 fully saturated rings. The Morgan fingerprint density at radius 3 is 2.56 bits per heavy atom. The standard InChI is InChI=1S/C33H31BrN6O2S/c1-23-15-17-28(18-16-23)35-21-31-37-39-33(40(31)29-12-4-3-5-13-29)43-24(2)32(41)38-36-20-26-10-6-7-14-30(26)42-22-25-9-8-11-27(34)19-25/h3-20,24,35H,21-22H2,1-2H3,(H,38,41)/b36-20-/t24-/m1/s1. The van der Waals surface area contributed by atoms with Crippen LogP contribution in [0.3, 0.4) is 0 Å². The number of carbonyl (C=O) groups excluding carboxylic acids is 1. The van der Waals surface area contributed by atoms with Gasteiger partial charge in [0.1, 0.15) is 12.4 Å². The van der Waals surface area contributed by atoms with Crippen LogP contribution < -0.4 is 15.5 Å². The van der Waals surface area contributed by atoms with Crippen LogP contribution in [0.4, 0.5) is 5.69 Å². The highest BCUT2D eigenvalue weighted by Crippen LogP contribution is 2.26. The van der Waals surface area contributed by atoms with E-state index >= 15 is 0 Å². The second-order valence-electron chi connectivity index (χ2n) is 9.74. The summed E-state index contributed by atoms with van der Waals surface area (Å²) < 4.78 is 8.99. The van der Waals surface area contributed by atoms with E-state index in [1.165, 1.54) is 17.3 Å². The zero-order valence-electron chi connectivity index (χ0n) is 23.8. The van der Waals surface area contributed by atoms with Gasteiger partial charge in [-0.1, -0.05) is 87.9 Å². The third kappa shape index (κ3) is 8.33. The number of hydrogen-bond donors (Lipinski definition) is 2. The van der Waals surface area contributed by atoms with Crippen LogP contribution in [0, 0.1) is 6.92 Å². The van der Waals surface area contributed by atoms with Crippen LogP contribution in [0.25, 0.3) is 5.69 Å². The van der Waals surface area contributed by atoms with E-state index in [0.717, 1.165) is 32.8 Å². The largest absolute Gasteiger partial charge is 0.488 e. The van der Waals surface area contributed by atoms with Gasteiger partial charge >= 0.3 is 0 Å². The fourth-order valence-corrected chi connectivity index (χ4v) is 5.48. The number of halogens is 1. The molecule has 1 heterocycles. The van der Waals surface area contributed by atoms with Crippen LogP contribution in [-0.2, 0) is 17.9 Å². The smallest absolute Gasteiger partial charge is 0.253 e. The normalized spacial score (nSPS) is 11.8. The Morgan fingerprint density at radius 2 is 1.77 bits per heavy atom. The number of anilines is 1. The summed E-state index contributed by atoms with van der Waals surface area (Å²) in [4.78, 5) is 13.0. The van der Waals surface area contributed by atoms with E-state index in [4.69, 9.17) is 4.74 Å². The topological polar surface area (TPSA) is 93.4 Å². The van der Waals surface area contributed by atoms with Crippen molar-refractivity contribution in [2.45, 2.75) is 37.4 Å². The SMILES string of the molecule is Cc1ccc(NCc2nnc(S[C@H](C)C(=O)N/N=C\c3ccccc3OCc3cccc(Br)c3)n2-c2ccccc2)cc1. The molecular weight excluding hydrogens is 624 g/mol. The monoisotopic (exact) mass is 654 g/mol. The fourth-order valence-electron chi connectivity index (χ4n) is 4.15. The van der Waals surface area contributed by atoms with E-state index < -0.39 is 5.25 Å². The number of thioether (sulfide) groups is 1. The number of nitrogens with one attached hydrogen (secondary N) is 2. The molecule has 0 bridgehead atoms. The zero-order valence-corrected chi connectivity index (χ0v) is 26.2. The van der Waals surface area contributed by atoms with Gasteiger partial charge in [-0.2, -0.15) is 5.10 Å². The highest BCUT2D eigenvalue weighted by atomic mass is 79.9. The lowest BCUT2D eigenvalue weighted by molar-refractivity contribution is -0.120. The van der Waals surface area contributed by atoms with Crippen molar-refractivity contribution in [1.82, 2.24) is 20.2 Å². The number of amides is 1. The number of rotatable bonds is 12. The summed E-state index contributed by atoms with van der Waals surface area (Å²) in [5.41, 5.74) is 7.56. The summed E-state index contributed by atoms with van der Waals surface area (Å²) >= 11 is 4.81. The molecule has 1 aromatic heterocycles. The van der Waals surface area contributed by atoms with Gasteiger partial charge < -0.3 is 10.1 Å². The number of para-hydroxylation sites is 2. The van der Waals surface area contributed by atoms with E-state index in [1.54, 1.807) is 6.21 Å². The lowest BCUT2D eigenvalue weighted by Gasteiger charge is -2.13. The van der Waals surface area contributed by atoms with Gasteiger partial charge in [-0.25, -0.2) is 5.43 Å². The number of hydrazone groups is 1. The average molecular weight is 656 g/mol. The van der Waals surface area contributed by atoms with E-state index in [9.17, 15) is 4.79 Å². The maximum Gasteiger partial charge on any atom is 0.253 e. The van der Waals surface area contributed by atoms with E-state index in [1.807, 2.05) is 102 Å². The van der Waals surface area contributed by atoms with Crippen molar-refractivity contribution in [3.63, 3.8) is 0 Å². The molecule has 5 aromatic rings. The summed E-state index contributed by atoms with van der Waals surface area (Å²) in [5, 5.41) is 16.6. The van der Waals surface area contributed by atoms with E-state index in [2.05, 4.69) is 61.0 Å². The second-order valence-corrected chi connectivity index (χ2v) is 12.0. The second kappa shape index (κ2) is 14.7. The Morgan fingerprint density at radius 1 is 1.00 bits per heavy atom. The third-order valence-corrected chi connectivity index (χ3v) is 7.99. The molecule has 1 amide bonds. The first-order chi connectivity index (χ1) is 21.0. The maximum absolute atomic E-state index is 13.0. The number of ether oxygens (including phenoxy) is 1. The molecule has 4 aromatic carbocycles. The Balaban J connectivity index is 1.23. The van der Waals surface area contributed by atoms with Gasteiger partial charge in [0.15, 0.2) is 11.0 Å². The fraction of sp³-hybridized carbons (Fsp3) is 0.152. The first-order valence-corrected chi connectivity index (χ1v) is 15.4. The summed E-state index contributed by atoms with van der Waals surface area (Å²) in [6.07, 6.45) is 1.59. The number of carbonyl (C=O) groups is 1. The molecule has 2 N–H and O–H groups in total. The molecule has 0 unspecified atom stereocenters. The molecule has 0 spiro atoms. The lowest BCUT2D eigenvalue weighted by Crippen LogP contribution is -2.27. The lowest BCUT2D eigenvalue weighted by atomic mass is 10.2. The van der Waals surface area contributed by atoms with Crippen LogP contribution >= 0.6 is 27.7 Å². The number of benzene rings is 4. The Labute approximate surface area is 263 Å². The number of aryl methyl sites for hydroxylation is 1. The molecule has 5 rings (SSSR count). The van der Waals surface area contributed by atoms with Crippen LogP contribution in [0.5, 0.6) is 5.75 Å². The molecule has 0 saturated carbocycles. The van der Waals surface area contributed by atoms with Crippen LogP contribution in [-0.4, -0.2) is 32.1 Å². The number of hydrogen-bond acceptors (Lipinski definition) is 7. The van der Waals surface area contributed by atoms with Gasteiger partial charge in [-0.3, -0.25) is 9.36 Å². The molecule has 0 saturated heterocycles. The number of aromatic nitrogens is 3. The highest BCUT2D eigenvalue weighted by molar-refractivity contribution is 9.10. The molecule has 0 aliphatic carbocycles. The van der Waals surface area contributed by atoms with Crippen LogP contribution in [0.2, 0.25) is 0 Å². The Hall–Kier alpha value is -4.41. The first-order valence-electron chi connectivity index (χ1n) is 13.7. The summed E-state index contributed by atoms with van der Waals surface area (Å²) in [6.45, 7) is 4.76. The molecule has 1 atom stereocenters. The summed E-state index contributed by atoms with van der Waals surface area (Å²) in [7, 11) is 0. The van der Waals surface area contributed by atoms with Crippen molar-refractivity contribution in [2.75, 3.05) is 5.32 Å². The predicted octanol–water partition coefficient (Wildman–Crippen LogP) is 7.16. The van der Waals surface area contributed by atoms with Crippen molar-refractivity contribution < 1.29 is 9.53 Å². The van der Waals surface area contributed by atoms with Crippen molar-refractivity contribution in [3.8, 4) is 11.4 Å². The van der Waals surface area contributed by atoms with Gasteiger partial charge in [-0.15, -0.1) is 10.2 Å². The summed E-state index contributed by atoms with van der Waals surface area (Å²) in [5.74, 6) is 1.15. The third-order valence-electron chi connectivity index (χ3n) is 6.45. The Kier molecular flexibility index (Phi) is 10.2. The quantitative estimate of drug-likeness (QED) is 0.0842. The molecule has 0 radical (unpaired) electrons. The molecule has 0 aliphatic rings. The van der Waals surface area contributed by atoms with Gasteiger partial charge in [0, 0.05) is 21.4 Å². The molecule has 0 aliphatic heterocycles. The maximum atomic E-state index is 13.0. The van der Waals surface area contributed by atoms with Crippen molar-refractivity contribution in [2.24, 2.45) is 5.10 Å². The van der Waals surface area contributed by atoms with Crippen LogP contribution in [0.1, 0.15) is 29.4 Å². The van der Waals surface area contributed by atoms with Gasteiger partial charge in [0.2, 0.25) is 0 Å². The minimum absolute atomic E-state index is 0.254. The predicted molar refractivity (Wildman–Crippen MR) is 176 cm³/mol. The van der Waals surface area contributed by atoms with Crippen molar-refractivity contribution in [3.05, 3.63) is 130 Å². The summed E-state index contributed by atoms with van der Waals surface area (Å²) in [6, 6.07) is 33.6. The molecule has 218 valence electrons. The average Bonchev–Trinajstić information content (AvgIpc) is 3.42. The van der Waals surface area contributed by atoms with Gasteiger partial charge in [0.25, 0.3) is 5.91 Å². The molecule has 10 heteroatoms. The minimum atomic E-state index is -0.482. The highest BCUT2D eigenvalue weighted by Gasteiger charge is 2.21.